The van der Waals surface area contributed by atoms with Crippen LogP contribution in [0.5, 0.6) is 0 Å². The number of nitrogens with zero attached hydrogens (tertiary/aromatic N) is 1. The highest BCUT2D eigenvalue weighted by atomic mass is 16.2. The molecule has 0 saturated heterocycles. The summed E-state index contributed by atoms with van der Waals surface area (Å²) in [5.74, 6) is 0.111. The van der Waals surface area contributed by atoms with E-state index in [-0.39, 0.29) is 11.9 Å². The molecule has 1 aliphatic rings. The van der Waals surface area contributed by atoms with Gasteiger partial charge in [0.05, 0.1) is 6.04 Å². The number of para-hydroxylation sites is 2. The molecule has 1 aliphatic heterocycles. The average Bonchev–Trinajstić information content (AvgIpc) is 3.22. The Kier molecular flexibility index (Phi) is 3.01. The van der Waals surface area contributed by atoms with Gasteiger partial charge in [-0.2, -0.15) is 0 Å². The van der Waals surface area contributed by atoms with Crippen molar-refractivity contribution >= 4 is 27.7 Å². The smallest absolute Gasteiger partial charge is 0.220 e. The third kappa shape index (κ3) is 2.03. The fourth-order valence-electron chi connectivity index (χ4n) is 4.22. The lowest BCUT2D eigenvalue weighted by Gasteiger charge is -2.35. The number of hydrogen-bond donors (Lipinski definition) is 2. The van der Waals surface area contributed by atoms with Crippen molar-refractivity contribution in [2.75, 3.05) is 6.54 Å². The van der Waals surface area contributed by atoms with Crippen molar-refractivity contribution in [3.63, 3.8) is 0 Å². The molecule has 0 radical (unpaired) electrons. The fraction of sp³-hybridized carbons (Fsp3) is 0.190. The van der Waals surface area contributed by atoms with E-state index in [1.807, 2.05) is 29.3 Å². The van der Waals surface area contributed by atoms with Crippen molar-refractivity contribution in [3.8, 4) is 0 Å². The maximum atomic E-state index is 12.4. The Balaban J connectivity index is 1.79. The number of carbonyl (C=O) groups is 1. The highest BCUT2D eigenvalue weighted by molar-refractivity contribution is 5.89. The van der Waals surface area contributed by atoms with Crippen molar-refractivity contribution in [2.45, 2.75) is 19.4 Å². The summed E-state index contributed by atoms with van der Waals surface area (Å²) in [5.41, 5.74) is 5.88. The lowest BCUT2D eigenvalue weighted by Crippen LogP contribution is -2.39. The molecule has 4 heteroatoms. The number of aromatic nitrogens is 2. The molecular weight excluding hydrogens is 310 g/mol. The van der Waals surface area contributed by atoms with Crippen molar-refractivity contribution in [3.05, 3.63) is 71.5 Å². The lowest BCUT2D eigenvalue weighted by atomic mass is 9.92. The van der Waals surface area contributed by atoms with Crippen LogP contribution in [0.2, 0.25) is 0 Å². The van der Waals surface area contributed by atoms with Gasteiger partial charge in [-0.3, -0.25) is 4.79 Å². The van der Waals surface area contributed by atoms with Gasteiger partial charge in [0.15, 0.2) is 0 Å². The monoisotopic (exact) mass is 329 g/mol. The van der Waals surface area contributed by atoms with Crippen molar-refractivity contribution in [1.29, 1.82) is 0 Å². The fourth-order valence-corrected chi connectivity index (χ4v) is 4.22. The van der Waals surface area contributed by atoms with Crippen molar-refractivity contribution in [1.82, 2.24) is 14.9 Å². The molecule has 5 rings (SSSR count). The van der Waals surface area contributed by atoms with Gasteiger partial charge in [-0.15, -0.1) is 0 Å². The molecule has 0 fully saturated rings. The van der Waals surface area contributed by atoms with Crippen LogP contribution in [-0.4, -0.2) is 27.3 Å². The second kappa shape index (κ2) is 5.24. The first kappa shape index (κ1) is 14.3. The first-order valence-corrected chi connectivity index (χ1v) is 8.67. The number of H-pyrrole nitrogens is 2. The van der Waals surface area contributed by atoms with Crippen molar-refractivity contribution in [2.24, 2.45) is 0 Å². The van der Waals surface area contributed by atoms with E-state index in [9.17, 15) is 4.79 Å². The molecule has 0 spiro atoms. The minimum atomic E-state index is -0.0789. The van der Waals surface area contributed by atoms with Crippen LogP contribution < -0.4 is 0 Å². The van der Waals surface area contributed by atoms with Crippen LogP contribution in [0.3, 0.4) is 0 Å². The standard InChI is InChI=1S/C21H19N3O/c1-13(25)24-11-10-16-14-6-3-5-9-19(14)23-20(16)21(24)17-12-22-18-8-4-2-7-15(17)18/h2-9,12,21-23H,10-11H2,1H3. The van der Waals surface area contributed by atoms with Gasteiger partial charge >= 0.3 is 0 Å². The van der Waals surface area contributed by atoms with E-state index in [0.29, 0.717) is 0 Å². The second-order valence-electron chi connectivity index (χ2n) is 6.72. The third-order valence-corrected chi connectivity index (χ3v) is 5.35. The molecular formula is C21H19N3O. The Morgan fingerprint density at radius 2 is 1.76 bits per heavy atom. The average molecular weight is 329 g/mol. The minimum Gasteiger partial charge on any atom is -0.361 e. The summed E-state index contributed by atoms with van der Waals surface area (Å²) in [6.07, 6.45) is 2.93. The highest BCUT2D eigenvalue weighted by Crippen LogP contribution is 2.40. The van der Waals surface area contributed by atoms with E-state index in [0.717, 1.165) is 35.3 Å². The molecule has 0 bridgehead atoms. The number of nitrogens with one attached hydrogen (secondary N) is 2. The molecule has 1 amide bonds. The number of amides is 1. The number of carbonyl (C=O) groups excluding carboxylic acids is 1. The van der Waals surface area contributed by atoms with Gasteiger partial charge in [0.25, 0.3) is 0 Å². The molecule has 4 nitrogen and oxygen atoms in total. The Hall–Kier alpha value is -3.01. The van der Waals surface area contributed by atoms with Crippen LogP contribution in [-0.2, 0) is 11.2 Å². The van der Waals surface area contributed by atoms with Crippen LogP contribution in [0.25, 0.3) is 21.8 Å². The zero-order chi connectivity index (χ0) is 17.0. The first-order chi connectivity index (χ1) is 12.2. The topological polar surface area (TPSA) is 51.9 Å². The number of benzene rings is 2. The number of aromatic amines is 2. The van der Waals surface area contributed by atoms with Gasteiger partial charge in [-0.05, 0) is 24.1 Å². The maximum absolute atomic E-state index is 12.4. The molecule has 124 valence electrons. The van der Waals surface area contributed by atoms with Crippen molar-refractivity contribution < 1.29 is 4.79 Å². The number of fused-ring (bicyclic) bond motifs is 4. The normalized spacial score (nSPS) is 17.2. The zero-order valence-corrected chi connectivity index (χ0v) is 14.0. The molecule has 0 saturated carbocycles. The predicted molar refractivity (Wildman–Crippen MR) is 99.5 cm³/mol. The first-order valence-electron chi connectivity index (χ1n) is 8.67. The molecule has 1 atom stereocenters. The summed E-state index contributed by atoms with van der Waals surface area (Å²) in [5, 5.41) is 2.44. The van der Waals surface area contributed by atoms with Crippen LogP contribution in [0.1, 0.15) is 29.8 Å². The number of rotatable bonds is 1. The van der Waals surface area contributed by atoms with Crippen LogP contribution in [0, 0.1) is 0 Å². The molecule has 3 heterocycles. The Morgan fingerprint density at radius 3 is 2.56 bits per heavy atom. The number of hydrogen-bond acceptors (Lipinski definition) is 1. The van der Waals surface area contributed by atoms with Crippen LogP contribution in [0.4, 0.5) is 0 Å². The van der Waals surface area contributed by atoms with E-state index < -0.39 is 0 Å². The third-order valence-electron chi connectivity index (χ3n) is 5.35. The largest absolute Gasteiger partial charge is 0.361 e. The van der Waals surface area contributed by atoms with E-state index in [2.05, 4.69) is 40.3 Å². The molecule has 2 N–H and O–H groups in total. The zero-order valence-electron chi connectivity index (χ0n) is 14.0. The van der Waals surface area contributed by atoms with Gasteiger partial charge < -0.3 is 14.9 Å². The minimum absolute atomic E-state index is 0.0789. The molecule has 2 aromatic heterocycles. The van der Waals surface area contributed by atoms with Crippen LogP contribution >= 0.6 is 0 Å². The Labute approximate surface area is 145 Å². The van der Waals surface area contributed by atoms with Gasteiger partial charge in [-0.25, -0.2) is 0 Å². The predicted octanol–water partition coefficient (Wildman–Crippen LogP) is 4.14. The summed E-state index contributed by atoms with van der Waals surface area (Å²) in [4.78, 5) is 21.3. The quantitative estimate of drug-likeness (QED) is 0.542. The van der Waals surface area contributed by atoms with E-state index in [1.165, 1.54) is 16.3 Å². The SMILES string of the molecule is CC(=O)N1CCc2c([nH]c3ccccc23)C1c1c[nH]c2ccccc12. The second-order valence-corrected chi connectivity index (χ2v) is 6.72. The van der Waals surface area contributed by atoms with E-state index >= 15 is 0 Å². The molecule has 25 heavy (non-hydrogen) atoms. The maximum Gasteiger partial charge on any atom is 0.220 e. The summed E-state index contributed by atoms with van der Waals surface area (Å²) >= 11 is 0. The van der Waals surface area contributed by atoms with Gasteiger partial charge in [-0.1, -0.05) is 36.4 Å². The van der Waals surface area contributed by atoms with E-state index in [1.54, 1.807) is 6.92 Å². The Morgan fingerprint density at radius 1 is 1.04 bits per heavy atom. The van der Waals surface area contributed by atoms with Crippen LogP contribution in [0.15, 0.2) is 54.7 Å². The molecule has 2 aromatic carbocycles. The summed E-state index contributed by atoms with van der Waals surface area (Å²) in [6, 6.07) is 16.6. The highest BCUT2D eigenvalue weighted by Gasteiger charge is 2.34. The summed E-state index contributed by atoms with van der Waals surface area (Å²) in [7, 11) is 0. The summed E-state index contributed by atoms with van der Waals surface area (Å²) in [6.45, 7) is 2.41. The molecule has 1 unspecified atom stereocenters. The summed E-state index contributed by atoms with van der Waals surface area (Å²) < 4.78 is 0. The Bertz CT molecular complexity index is 1100. The van der Waals surface area contributed by atoms with Gasteiger partial charge in [0, 0.05) is 52.7 Å². The van der Waals surface area contributed by atoms with E-state index in [4.69, 9.17) is 0 Å². The molecule has 4 aromatic rings. The van der Waals surface area contributed by atoms with Gasteiger partial charge in [0.2, 0.25) is 5.91 Å². The lowest BCUT2D eigenvalue weighted by molar-refractivity contribution is -0.130. The van der Waals surface area contributed by atoms with Gasteiger partial charge in [0.1, 0.15) is 0 Å². The molecule has 0 aliphatic carbocycles.